The molecule has 2 unspecified atom stereocenters. The highest BCUT2D eigenvalue weighted by molar-refractivity contribution is 5.86. The van der Waals surface area contributed by atoms with Crippen molar-refractivity contribution < 1.29 is 19.1 Å². The molecule has 4 heteroatoms. The largest absolute Gasteiger partial charge is 0.469 e. The van der Waals surface area contributed by atoms with Gasteiger partial charge in [0.2, 0.25) is 0 Å². The fourth-order valence-corrected chi connectivity index (χ4v) is 2.62. The highest BCUT2D eigenvalue weighted by Crippen LogP contribution is 2.26. The van der Waals surface area contributed by atoms with E-state index in [1.165, 1.54) is 13.5 Å². The van der Waals surface area contributed by atoms with Crippen molar-refractivity contribution in [2.24, 2.45) is 0 Å². The van der Waals surface area contributed by atoms with E-state index in [1.54, 1.807) is 0 Å². The smallest absolute Gasteiger partial charge is 0.305 e. The van der Waals surface area contributed by atoms with Crippen LogP contribution in [0, 0.1) is 0 Å². The second-order valence-corrected chi connectivity index (χ2v) is 6.26. The summed E-state index contributed by atoms with van der Waals surface area (Å²) in [6, 6.07) is 0. The molecule has 1 aliphatic rings. The van der Waals surface area contributed by atoms with Gasteiger partial charge in [0.05, 0.1) is 7.11 Å². The van der Waals surface area contributed by atoms with E-state index in [-0.39, 0.29) is 24.0 Å². The molecule has 23 heavy (non-hydrogen) atoms. The summed E-state index contributed by atoms with van der Waals surface area (Å²) in [5.41, 5.74) is 0. The van der Waals surface area contributed by atoms with Gasteiger partial charge in [-0.1, -0.05) is 51.2 Å². The number of hydrogen-bond acceptors (Lipinski definition) is 4. The molecule has 2 atom stereocenters. The van der Waals surface area contributed by atoms with Crippen LogP contribution in [-0.2, 0) is 19.1 Å². The molecular weight excluding hydrogens is 292 g/mol. The zero-order chi connectivity index (χ0) is 16.9. The topological polar surface area (TPSA) is 55.9 Å². The molecule has 0 saturated carbocycles. The maximum atomic E-state index is 11.8. The van der Waals surface area contributed by atoms with Crippen LogP contribution in [0.5, 0.6) is 0 Å². The van der Waals surface area contributed by atoms with Crippen LogP contribution in [-0.4, -0.2) is 31.1 Å². The first kappa shape index (κ1) is 19.9. The number of allylic oxidation sites excluding steroid dienone is 1. The average Bonchev–Trinajstić information content (AvgIpc) is 3.32. The fourth-order valence-electron chi connectivity index (χ4n) is 2.62. The van der Waals surface area contributed by atoms with Gasteiger partial charge >= 0.3 is 5.97 Å². The van der Waals surface area contributed by atoms with Crippen LogP contribution < -0.4 is 0 Å². The molecule has 0 N–H and O–H groups in total. The highest BCUT2D eigenvalue weighted by atomic mass is 16.6. The molecule has 0 aromatic carbocycles. The lowest BCUT2D eigenvalue weighted by atomic mass is 10.1. The molecule has 1 saturated heterocycles. The molecule has 1 aliphatic heterocycles. The molecule has 4 nitrogen and oxygen atoms in total. The minimum absolute atomic E-state index is 0.0317. The highest BCUT2D eigenvalue weighted by Gasteiger charge is 2.41. The van der Waals surface area contributed by atoms with Gasteiger partial charge in [-0.2, -0.15) is 0 Å². The van der Waals surface area contributed by atoms with Crippen molar-refractivity contribution in [3.05, 3.63) is 12.2 Å². The normalized spacial score (nSPS) is 19.9. The van der Waals surface area contributed by atoms with Gasteiger partial charge in [0.1, 0.15) is 12.2 Å². The van der Waals surface area contributed by atoms with E-state index in [0.29, 0.717) is 12.8 Å². The maximum Gasteiger partial charge on any atom is 0.305 e. The quantitative estimate of drug-likeness (QED) is 0.206. The third-order valence-corrected chi connectivity index (χ3v) is 4.17. The molecule has 0 radical (unpaired) electrons. The molecular formula is C19H32O4. The first-order chi connectivity index (χ1) is 11.2. The number of hydrogen-bond donors (Lipinski definition) is 0. The number of methoxy groups -OCH3 is 1. The predicted molar refractivity (Wildman–Crippen MR) is 91.3 cm³/mol. The Bertz CT molecular complexity index is 376. The average molecular weight is 324 g/mol. The third-order valence-electron chi connectivity index (χ3n) is 4.17. The summed E-state index contributed by atoms with van der Waals surface area (Å²) >= 11 is 0. The van der Waals surface area contributed by atoms with E-state index in [2.05, 4.69) is 17.7 Å². The van der Waals surface area contributed by atoms with Crippen LogP contribution in [0.25, 0.3) is 0 Å². The summed E-state index contributed by atoms with van der Waals surface area (Å²) in [5.74, 6) is 0.148. The van der Waals surface area contributed by atoms with Crippen molar-refractivity contribution in [1.29, 1.82) is 0 Å². The van der Waals surface area contributed by atoms with Gasteiger partial charge in [-0.05, 0) is 25.7 Å². The number of rotatable bonds is 14. The fraction of sp³-hybridized carbons (Fsp3) is 0.789. The minimum atomic E-state index is -0.165. The molecule has 1 fully saturated rings. The SMILES string of the molecule is CCCCCC(=O)C1OC1/C=C/CCCCCCCC(=O)OC. The van der Waals surface area contributed by atoms with Gasteiger partial charge in [-0.3, -0.25) is 9.59 Å². The van der Waals surface area contributed by atoms with Crippen molar-refractivity contribution >= 4 is 11.8 Å². The van der Waals surface area contributed by atoms with Crippen LogP contribution in [0.3, 0.4) is 0 Å². The van der Waals surface area contributed by atoms with E-state index in [4.69, 9.17) is 4.74 Å². The van der Waals surface area contributed by atoms with Crippen LogP contribution in [0.15, 0.2) is 12.2 Å². The molecule has 132 valence electrons. The Morgan fingerprint density at radius 2 is 1.70 bits per heavy atom. The molecule has 0 aromatic heterocycles. The molecule has 0 spiro atoms. The van der Waals surface area contributed by atoms with Gasteiger partial charge in [0, 0.05) is 12.8 Å². The second kappa shape index (κ2) is 12.3. The predicted octanol–water partition coefficient (Wildman–Crippen LogP) is 4.36. The van der Waals surface area contributed by atoms with Crippen LogP contribution in [0.2, 0.25) is 0 Å². The van der Waals surface area contributed by atoms with Crippen molar-refractivity contribution in [1.82, 2.24) is 0 Å². The second-order valence-electron chi connectivity index (χ2n) is 6.26. The first-order valence-corrected chi connectivity index (χ1v) is 9.10. The van der Waals surface area contributed by atoms with Gasteiger partial charge in [0.15, 0.2) is 5.78 Å². The minimum Gasteiger partial charge on any atom is -0.469 e. The van der Waals surface area contributed by atoms with Crippen molar-refractivity contribution in [2.45, 2.75) is 89.8 Å². The van der Waals surface area contributed by atoms with E-state index >= 15 is 0 Å². The lowest BCUT2D eigenvalue weighted by Gasteiger charge is -1.99. The number of ketones is 1. The Hall–Kier alpha value is -1.16. The third kappa shape index (κ3) is 9.54. The van der Waals surface area contributed by atoms with E-state index < -0.39 is 0 Å². The van der Waals surface area contributed by atoms with E-state index in [0.717, 1.165) is 51.4 Å². The molecule has 1 rings (SSSR count). The van der Waals surface area contributed by atoms with Gasteiger partial charge in [-0.15, -0.1) is 0 Å². The number of Topliss-reactive ketones (excluding diaryl/α,β-unsaturated/α-hetero) is 1. The van der Waals surface area contributed by atoms with Crippen LogP contribution in [0.1, 0.15) is 77.6 Å². The summed E-state index contributed by atoms with van der Waals surface area (Å²) < 4.78 is 10.0. The Balaban J connectivity index is 1.92. The number of epoxide rings is 1. The summed E-state index contributed by atoms with van der Waals surface area (Å²) in [6.45, 7) is 2.14. The lowest BCUT2D eigenvalue weighted by Crippen LogP contribution is -2.08. The number of esters is 1. The summed E-state index contributed by atoms with van der Waals surface area (Å²) in [4.78, 5) is 22.7. The van der Waals surface area contributed by atoms with E-state index in [9.17, 15) is 9.59 Å². The van der Waals surface area contributed by atoms with Gasteiger partial charge < -0.3 is 9.47 Å². The summed E-state index contributed by atoms with van der Waals surface area (Å²) in [6.07, 6.45) is 15.0. The first-order valence-electron chi connectivity index (χ1n) is 9.10. The van der Waals surface area contributed by atoms with Gasteiger partial charge in [0.25, 0.3) is 0 Å². The summed E-state index contributed by atoms with van der Waals surface area (Å²) in [7, 11) is 1.43. The number of carbonyl (C=O) groups is 2. The molecule has 1 heterocycles. The Morgan fingerprint density at radius 3 is 2.43 bits per heavy atom. The molecule has 0 bridgehead atoms. The Labute approximate surface area is 140 Å². The standard InChI is InChI=1S/C19H32O4/c1-3-4-10-13-16(20)19-17(23-19)14-11-8-6-5-7-9-12-15-18(21)22-2/h11,14,17,19H,3-10,12-13,15H2,1-2H3/b14-11+. The molecule has 0 aromatic rings. The number of ether oxygens (including phenoxy) is 2. The molecule has 0 amide bonds. The van der Waals surface area contributed by atoms with Crippen LogP contribution in [0.4, 0.5) is 0 Å². The van der Waals surface area contributed by atoms with Gasteiger partial charge in [-0.25, -0.2) is 0 Å². The molecule has 0 aliphatic carbocycles. The summed E-state index contributed by atoms with van der Waals surface area (Å²) in [5, 5.41) is 0. The lowest BCUT2D eigenvalue weighted by molar-refractivity contribution is -0.140. The Morgan fingerprint density at radius 1 is 1.00 bits per heavy atom. The van der Waals surface area contributed by atoms with Crippen LogP contribution >= 0.6 is 0 Å². The number of carbonyl (C=O) groups excluding carboxylic acids is 2. The van der Waals surface area contributed by atoms with Crippen molar-refractivity contribution in [2.75, 3.05) is 7.11 Å². The maximum absolute atomic E-state index is 11.8. The number of unbranched alkanes of at least 4 members (excludes halogenated alkanes) is 7. The van der Waals surface area contributed by atoms with Crippen molar-refractivity contribution in [3.63, 3.8) is 0 Å². The zero-order valence-corrected chi connectivity index (χ0v) is 14.7. The zero-order valence-electron chi connectivity index (χ0n) is 14.7. The Kier molecular flexibility index (Phi) is 10.6. The monoisotopic (exact) mass is 324 g/mol. The van der Waals surface area contributed by atoms with Crippen molar-refractivity contribution in [3.8, 4) is 0 Å². The van der Waals surface area contributed by atoms with E-state index in [1.807, 2.05) is 6.08 Å².